The van der Waals surface area contributed by atoms with Gasteiger partial charge in [-0.15, -0.1) is 0 Å². The number of nitrogens with zero attached hydrogens (tertiary/aromatic N) is 1. The molecular formula is C18H21ClN2O3S. The quantitative estimate of drug-likeness (QED) is 0.800. The molecule has 0 atom stereocenters. The Bertz CT molecular complexity index is 839. The van der Waals surface area contributed by atoms with E-state index in [0.29, 0.717) is 10.7 Å². The third-order valence-electron chi connectivity index (χ3n) is 3.71. The van der Waals surface area contributed by atoms with Crippen LogP contribution in [0.3, 0.4) is 0 Å². The Kier molecular flexibility index (Phi) is 6.58. The van der Waals surface area contributed by atoms with Gasteiger partial charge in [-0.3, -0.25) is 4.79 Å². The summed E-state index contributed by atoms with van der Waals surface area (Å²) in [5.74, 6) is -0.262. The van der Waals surface area contributed by atoms with Crippen molar-refractivity contribution in [3.05, 3.63) is 64.7 Å². The minimum absolute atomic E-state index is 0.0609. The van der Waals surface area contributed by atoms with Gasteiger partial charge in [0.05, 0.1) is 6.26 Å². The van der Waals surface area contributed by atoms with Crippen LogP contribution in [-0.4, -0.2) is 31.4 Å². The first-order chi connectivity index (χ1) is 11.8. The fourth-order valence-corrected chi connectivity index (χ4v) is 3.26. The topological polar surface area (TPSA) is 66.5 Å². The van der Waals surface area contributed by atoms with Crippen LogP contribution in [0.15, 0.2) is 48.5 Å². The van der Waals surface area contributed by atoms with E-state index in [2.05, 4.69) is 5.32 Å². The number of anilines is 1. The van der Waals surface area contributed by atoms with Gasteiger partial charge in [-0.05, 0) is 30.2 Å². The smallest absolute Gasteiger partial charge is 0.225 e. The third kappa shape index (κ3) is 6.16. The van der Waals surface area contributed by atoms with Crippen molar-refractivity contribution in [1.82, 2.24) is 4.31 Å². The standard InChI is InChI=1S/C18H21ClN2O3S/c1-14-8-9-16(12-17(14)19)20-18(22)10-11-21(25(2,23)24)13-15-6-4-3-5-7-15/h3-9,12H,10-11,13H2,1-2H3,(H,20,22). The number of carbonyl (C=O) groups is 1. The largest absolute Gasteiger partial charge is 0.326 e. The maximum absolute atomic E-state index is 12.1. The van der Waals surface area contributed by atoms with E-state index in [-0.39, 0.29) is 25.4 Å². The summed E-state index contributed by atoms with van der Waals surface area (Å²) >= 11 is 6.04. The molecule has 0 saturated carbocycles. The first-order valence-electron chi connectivity index (χ1n) is 7.81. The van der Waals surface area contributed by atoms with Gasteiger partial charge >= 0.3 is 0 Å². The van der Waals surface area contributed by atoms with Crippen molar-refractivity contribution in [2.45, 2.75) is 19.9 Å². The van der Waals surface area contributed by atoms with E-state index in [0.717, 1.165) is 17.4 Å². The van der Waals surface area contributed by atoms with Crippen LogP contribution < -0.4 is 5.32 Å². The van der Waals surface area contributed by atoms with E-state index >= 15 is 0 Å². The van der Waals surface area contributed by atoms with Crippen LogP contribution in [0.1, 0.15) is 17.5 Å². The normalized spacial score (nSPS) is 11.5. The third-order valence-corrected chi connectivity index (χ3v) is 5.37. The molecule has 0 saturated heterocycles. The predicted molar refractivity (Wildman–Crippen MR) is 101 cm³/mol. The SMILES string of the molecule is Cc1ccc(NC(=O)CCN(Cc2ccccc2)S(C)(=O)=O)cc1Cl. The van der Waals surface area contributed by atoms with E-state index in [1.807, 2.05) is 43.3 Å². The second-order valence-electron chi connectivity index (χ2n) is 5.84. The van der Waals surface area contributed by atoms with Gasteiger partial charge in [0.15, 0.2) is 0 Å². The van der Waals surface area contributed by atoms with Gasteiger partial charge in [-0.25, -0.2) is 8.42 Å². The number of aryl methyl sites for hydroxylation is 1. The van der Waals surface area contributed by atoms with Crippen molar-refractivity contribution in [3.8, 4) is 0 Å². The van der Waals surface area contributed by atoms with Crippen LogP contribution >= 0.6 is 11.6 Å². The lowest BCUT2D eigenvalue weighted by atomic mass is 10.2. The van der Waals surface area contributed by atoms with Crippen LogP contribution in [0, 0.1) is 6.92 Å². The summed E-state index contributed by atoms with van der Waals surface area (Å²) in [5.41, 5.74) is 2.39. The molecule has 0 bridgehead atoms. The van der Waals surface area contributed by atoms with Crippen molar-refractivity contribution < 1.29 is 13.2 Å². The Morgan fingerprint density at radius 1 is 1.16 bits per heavy atom. The predicted octanol–water partition coefficient (Wildman–Crippen LogP) is 3.44. The molecule has 0 spiro atoms. The number of sulfonamides is 1. The number of benzene rings is 2. The molecule has 0 fully saturated rings. The molecule has 5 nitrogen and oxygen atoms in total. The monoisotopic (exact) mass is 380 g/mol. The average molecular weight is 381 g/mol. The molecule has 2 aromatic rings. The molecular weight excluding hydrogens is 360 g/mol. The number of hydrogen-bond acceptors (Lipinski definition) is 3. The van der Waals surface area contributed by atoms with Gasteiger partial charge in [-0.1, -0.05) is 48.0 Å². The molecule has 25 heavy (non-hydrogen) atoms. The molecule has 0 aliphatic heterocycles. The van der Waals surface area contributed by atoms with Crippen molar-refractivity contribution >= 4 is 33.2 Å². The van der Waals surface area contributed by atoms with Gasteiger partial charge in [0.1, 0.15) is 0 Å². The average Bonchev–Trinajstić information content (AvgIpc) is 2.55. The Morgan fingerprint density at radius 3 is 2.44 bits per heavy atom. The van der Waals surface area contributed by atoms with Gasteiger partial charge in [0, 0.05) is 30.2 Å². The van der Waals surface area contributed by atoms with E-state index in [9.17, 15) is 13.2 Å². The van der Waals surface area contributed by atoms with Crippen molar-refractivity contribution in [2.24, 2.45) is 0 Å². The second kappa shape index (κ2) is 8.47. The summed E-state index contributed by atoms with van der Waals surface area (Å²) in [6, 6.07) is 14.5. The number of halogens is 1. The molecule has 0 aliphatic rings. The molecule has 0 aliphatic carbocycles. The minimum Gasteiger partial charge on any atom is -0.326 e. The summed E-state index contributed by atoms with van der Waals surface area (Å²) in [5, 5.41) is 3.30. The maximum atomic E-state index is 12.1. The van der Waals surface area contributed by atoms with E-state index in [4.69, 9.17) is 11.6 Å². The lowest BCUT2D eigenvalue weighted by molar-refractivity contribution is -0.116. The van der Waals surface area contributed by atoms with E-state index in [1.54, 1.807) is 12.1 Å². The Morgan fingerprint density at radius 2 is 1.84 bits per heavy atom. The van der Waals surface area contributed by atoms with Gasteiger partial charge in [-0.2, -0.15) is 4.31 Å². The molecule has 134 valence electrons. The fourth-order valence-electron chi connectivity index (χ4n) is 2.27. The first kappa shape index (κ1) is 19.4. The minimum atomic E-state index is -3.41. The molecule has 0 radical (unpaired) electrons. The second-order valence-corrected chi connectivity index (χ2v) is 8.23. The van der Waals surface area contributed by atoms with Crippen LogP contribution in [0.5, 0.6) is 0 Å². The van der Waals surface area contributed by atoms with Gasteiger partial charge < -0.3 is 5.32 Å². The lowest BCUT2D eigenvalue weighted by Gasteiger charge is -2.19. The van der Waals surface area contributed by atoms with Crippen LogP contribution in [0.25, 0.3) is 0 Å². The van der Waals surface area contributed by atoms with E-state index in [1.165, 1.54) is 4.31 Å². The zero-order chi connectivity index (χ0) is 18.4. The molecule has 0 aromatic heterocycles. The highest BCUT2D eigenvalue weighted by atomic mass is 35.5. The van der Waals surface area contributed by atoms with Gasteiger partial charge in [0.25, 0.3) is 0 Å². The zero-order valence-electron chi connectivity index (χ0n) is 14.2. The highest BCUT2D eigenvalue weighted by molar-refractivity contribution is 7.88. The number of rotatable bonds is 7. The molecule has 7 heteroatoms. The Labute approximate surface area is 153 Å². The molecule has 1 N–H and O–H groups in total. The number of hydrogen-bond donors (Lipinski definition) is 1. The van der Waals surface area contributed by atoms with Crippen LogP contribution in [-0.2, 0) is 21.4 Å². The molecule has 2 aromatic carbocycles. The van der Waals surface area contributed by atoms with E-state index < -0.39 is 10.0 Å². The fraction of sp³-hybridized carbons (Fsp3) is 0.278. The highest BCUT2D eigenvalue weighted by Gasteiger charge is 2.18. The summed E-state index contributed by atoms with van der Waals surface area (Å²) in [6.07, 6.45) is 1.21. The lowest BCUT2D eigenvalue weighted by Crippen LogP contribution is -2.32. The Balaban J connectivity index is 1.97. The maximum Gasteiger partial charge on any atom is 0.225 e. The molecule has 0 unspecified atom stereocenters. The highest BCUT2D eigenvalue weighted by Crippen LogP contribution is 2.20. The summed E-state index contributed by atoms with van der Waals surface area (Å²) in [7, 11) is -3.41. The molecule has 2 rings (SSSR count). The van der Waals surface area contributed by atoms with Crippen molar-refractivity contribution in [2.75, 3.05) is 18.1 Å². The van der Waals surface area contributed by atoms with Gasteiger partial charge in [0.2, 0.25) is 15.9 Å². The molecule has 0 heterocycles. The number of amides is 1. The van der Waals surface area contributed by atoms with Crippen LogP contribution in [0.4, 0.5) is 5.69 Å². The number of carbonyl (C=O) groups excluding carboxylic acids is 1. The Hall–Kier alpha value is -1.89. The first-order valence-corrected chi connectivity index (χ1v) is 10.0. The summed E-state index contributed by atoms with van der Waals surface area (Å²) in [6.45, 7) is 2.23. The van der Waals surface area contributed by atoms with Crippen LogP contribution in [0.2, 0.25) is 5.02 Å². The summed E-state index contributed by atoms with van der Waals surface area (Å²) in [4.78, 5) is 12.1. The number of nitrogens with one attached hydrogen (secondary N) is 1. The zero-order valence-corrected chi connectivity index (χ0v) is 15.8. The summed E-state index contributed by atoms with van der Waals surface area (Å²) < 4.78 is 25.2. The molecule has 1 amide bonds. The van der Waals surface area contributed by atoms with Crippen molar-refractivity contribution in [3.63, 3.8) is 0 Å². The van der Waals surface area contributed by atoms with Crippen molar-refractivity contribution in [1.29, 1.82) is 0 Å².